The van der Waals surface area contributed by atoms with Crippen molar-refractivity contribution in [2.45, 2.75) is 97.7 Å². The van der Waals surface area contributed by atoms with E-state index in [-0.39, 0.29) is 24.1 Å². The first-order valence-corrected chi connectivity index (χ1v) is 8.38. The molecule has 2 atom stereocenters. The molecule has 0 rings (SSSR count). The fourth-order valence-corrected chi connectivity index (χ4v) is 1.80. The molecule has 0 radical (unpaired) electrons. The maximum atomic E-state index is 11.4. The van der Waals surface area contributed by atoms with Crippen molar-refractivity contribution in [3.8, 4) is 0 Å². The molecule has 4 nitrogen and oxygen atoms in total. The Kier molecular flexibility index (Phi) is 12.0. The number of ether oxygens (including phenoxy) is 2. The molecule has 0 spiro atoms. The predicted molar refractivity (Wildman–Crippen MR) is 84.0 cm³/mol. The van der Waals surface area contributed by atoms with Crippen LogP contribution in [-0.4, -0.2) is 24.1 Å². The fourth-order valence-electron chi connectivity index (χ4n) is 1.80. The van der Waals surface area contributed by atoms with E-state index in [2.05, 4.69) is 0 Å². The normalized spacial score (nSPS) is 13.5. The lowest BCUT2D eigenvalue weighted by atomic mass is 10.1. The van der Waals surface area contributed by atoms with E-state index in [9.17, 15) is 9.59 Å². The smallest absolute Gasteiger partial charge is 0.306 e. The van der Waals surface area contributed by atoms with Gasteiger partial charge in [-0.2, -0.15) is 0 Å². The van der Waals surface area contributed by atoms with Gasteiger partial charge < -0.3 is 9.47 Å². The number of unbranched alkanes of at least 4 members (excludes halogenated alkanes) is 4. The van der Waals surface area contributed by atoms with Crippen LogP contribution in [0, 0.1) is 0 Å². The second kappa shape index (κ2) is 12.7. The van der Waals surface area contributed by atoms with Gasteiger partial charge in [0.1, 0.15) is 0 Å². The van der Waals surface area contributed by atoms with Gasteiger partial charge in [0.2, 0.25) is 0 Å². The summed E-state index contributed by atoms with van der Waals surface area (Å²) >= 11 is 0. The Morgan fingerprint density at radius 2 is 1.05 bits per heavy atom. The summed E-state index contributed by atoms with van der Waals surface area (Å²) in [6.07, 6.45) is 7.57. The predicted octanol–water partition coefficient (Wildman–Crippen LogP) is 4.40. The standard InChI is InChI=1S/C17H32O4/c1-5-14(3)20-16(18)12-10-8-7-9-11-13-17(19)21-15(4)6-2/h14-15H,5-13H2,1-4H3/t14-,15-/m1/s1. The first kappa shape index (κ1) is 19.9. The highest BCUT2D eigenvalue weighted by Crippen LogP contribution is 2.10. The maximum absolute atomic E-state index is 11.4. The Bertz CT molecular complexity index is 261. The Morgan fingerprint density at radius 1 is 0.714 bits per heavy atom. The minimum Gasteiger partial charge on any atom is -0.463 e. The lowest BCUT2D eigenvalue weighted by Crippen LogP contribution is -2.13. The molecule has 0 aromatic heterocycles. The molecule has 4 heteroatoms. The lowest BCUT2D eigenvalue weighted by Gasteiger charge is -2.11. The third-order valence-electron chi connectivity index (χ3n) is 3.58. The average molecular weight is 300 g/mol. The number of carbonyl (C=O) groups is 2. The van der Waals surface area contributed by atoms with Crippen molar-refractivity contribution in [3.05, 3.63) is 0 Å². The van der Waals surface area contributed by atoms with Gasteiger partial charge in [0.05, 0.1) is 12.2 Å². The zero-order chi connectivity index (χ0) is 16.1. The van der Waals surface area contributed by atoms with E-state index in [0.29, 0.717) is 12.8 Å². The van der Waals surface area contributed by atoms with Crippen molar-refractivity contribution >= 4 is 11.9 Å². The molecule has 0 aliphatic carbocycles. The van der Waals surface area contributed by atoms with Crippen molar-refractivity contribution in [1.29, 1.82) is 0 Å². The SMILES string of the molecule is CC[C@@H](C)OC(=O)CCCCCCCC(=O)O[C@H](C)CC. The topological polar surface area (TPSA) is 52.6 Å². The molecular weight excluding hydrogens is 268 g/mol. The van der Waals surface area contributed by atoms with Gasteiger partial charge in [0, 0.05) is 12.8 Å². The van der Waals surface area contributed by atoms with Crippen LogP contribution in [0.25, 0.3) is 0 Å². The number of hydrogen-bond donors (Lipinski definition) is 0. The summed E-state index contributed by atoms with van der Waals surface area (Å²) in [5.74, 6) is -0.192. The van der Waals surface area contributed by atoms with E-state index >= 15 is 0 Å². The van der Waals surface area contributed by atoms with Crippen LogP contribution in [0.5, 0.6) is 0 Å². The molecular formula is C17H32O4. The Morgan fingerprint density at radius 3 is 1.38 bits per heavy atom. The highest BCUT2D eigenvalue weighted by Gasteiger charge is 2.08. The largest absolute Gasteiger partial charge is 0.463 e. The molecule has 124 valence electrons. The van der Waals surface area contributed by atoms with Crippen molar-refractivity contribution in [2.24, 2.45) is 0 Å². The quantitative estimate of drug-likeness (QED) is 0.396. The summed E-state index contributed by atoms with van der Waals surface area (Å²) in [5.41, 5.74) is 0. The van der Waals surface area contributed by atoms with Gasteiger partial charge >= 0.3 is 11.9 Å². The number of hydrogen-bond acceptors (Lipinski definition) is 4. The number of rotatable bonds is 12. The minimum atomic E-state index is -0.0959. The van der Waals surface area contributed by atoms with Gasteiger partial charge in [-0.1, -0.05) is 33.1 Å². The number of carbonyl (C=O) groups excluding carboxylic acids is 2. The van der Waals surface area contributed by atoms with Gasteiger partial charge in [0.15, 0.2) is 0 Å². The van der Waals surface area contributed by atoms with Crippen molar-refractivity contribution in [1.82, 2.24) is 0 Å². The highest BCUT2D eigenvalue weighted by molar-refractivity contribution is 5.69. The van der Waals surface area contributed by atoms with Crippen LogP contribution in [0.15, 0.2) is 0 Å². The van der Waals surface area contributed by atoms with Gasteiger partial charge in [-0.15, -0.1) is 0 Å². The van der Waals surface area contributed by atoms with Crippen LogP contribution in [-0.2, 0) is 19.1 Å². The summed E-state index contributed by atoms with van der Waals surface area (Å²) in [5, 5.41) is 0. The third-order valence-corrected chi connectivity index (χ3v) is 3.58. The summed E-state index contributed by atoms with van der Waals surface area (Å²) in [7, 11) is 0. The minimum absolute atomic E-state index is 0.0222. The molecule has 0 heterocycles. The summed E-state index contributed by atoms with van der Waals surface area (Å²) in [6, 6.07) is 0. The Balaban J connectivity index is 3.40. The molecule has 0 aliphatic heterocycles. The van der Waals surface area contributed by atoms with Crippen molar-refractivity contribution < 1.29 is 19.1 Å². The van der Waals surface area contributed by atoms with E-state index in [1.807, 2.05) is 27.7 Å². The highest BCUT2D eigenvalue weighted by atomic mass is 16.5. The number of esters is 2. The molecule has 0 unspecified atom stereocenters. The van der Waals surface area contributed by atoms with E-state index in [0.717, 1.165) is 44.9 Å². The summed E-state index contributed by atoms with van der Waals surface area (Å²) in [4.78, 5) is 22.9. The summed E-state index contributed by atoms with van der Waals surface area (Å²) in [6.45, 7) is 7.83. The van der Waals surface area contributed by atoms with Crippen LogP contribution < -0.4 is 0 Å². The Labute approximate surface area is 129 Å². The zero-order valence-electron chi connectivity index (χ0n) is 14.2. The van der Waals surface area contributed by atoms with E-state index in [1.165, 1.54) is 0 Å². The van der Waals surface area contributed by atoms with Crippen LogP contribution in [0.2, 0.25) is 0 Å². The Hall–Kier alpha value is -1.06. The van der Waals surface area contributed by atoms with Crippen LogP contribution >= 0.6 is 0 Å². The first-order chi connectivity index (χ1) is 9.99. The van der Waals surface area contributed by atoms with E-state index < -0.39 is 0 Å². The molecule has 0 aliphatic rings. The monoisotopic (exact) mass is 300 g/mol. The average Bonchev–Trinajstić information content (AvgIpc) is 2.45. The molecule has 21 heavy (non-hydrogen) atoms. The van der Waals surface area contributed by atoms with Gasteiger partial charge in [0.25, 0.3) is 0 Å². The van der Waals surface area contributed by atoms with Crippen LogP contribution in [0.3, 0.4) is 0 Å². The van der Waals surface area contributed by atoms with Crippen LogP contribution in [0.4, 0.5) is 0 Å². The molecule has 0 aromatic carbocycles. The van der Waals surface area contributed by atoms with Gasteiger partial charge in [-0.3, -0.25) is 9.59 Å². The molecule has 0 bridgehead atoms. The molecule has 0 N–H and O–H groups in total. The fraction of sp³-hybridized carbons (Fsp3) is 0.882. The molecule has 0 fully saturated rings. The second-order valence-corrected chi connectivity index (χ2v) is 5.69. The summed E-state index contributed by atoms with van der Waals surface area (Å²) < 4.78 is 10.4. The first-order valence-electron chi connectivity index (χ1n) is 8.38. The molecule has 0 amide bonds. The molecule has 0 saturated heterocycles. The van der Waals surface area contributed by atoms with Crippen molar-refractivity contribution in [3.63, 3.8) is 0 Å². The zero-order valence-corrected chi connectivity index (χ0v) is 14.2. The maximum Gasteiger partial charge on any atom is 0.306 e. The van der Waals surface area contributed by atoms with E-state index in [4.69, 9.17) is 9.47 Å². The molecule has 0 saturated carbocycles. The van der Waals surface area contributed by atoms with Crippen LogP contribution in [0.1, 0.15) is 85.5 Å². The van der Waals surface area contributed by atoms with Gasteiger partial charge in [-0.25, -0.2) is 0 Å². The molecule has 0 aromatic rings. The third kappa shape index (κ3) is 12.4. The lowest BCUT2D eigenvalue weighted by molar-refractivity contribution is -0.149. The van der Waals surface area contributed by atoms with E-state index in [1.54, 1.807) is 0 Å². The second-order valence-electron chi connectivity index (χ2n) is 5.69. The van der Waals surface area contributed by atoms with Gasteiger partial charge in [-0.05, 0) is 39.5 Å². The van der Waals surface area contributed by atoms with Crippen molar-refractivity contribution in [2.75, 3.05) is 0 Å².